The molecule has 2 saturated heterocycles. The van der Waals surface area contributed by atoms with E-state index in [1.807, 2.05) is 0 Å². The lowest BCUT2D eigenvalue weighted by molar-refractivity contribution is -0.126. The predicted molar refractivity (Wildman–Crippen MR) is 74.6 cm³/mol. The van der Waals surface area contributed by atoms with Gasteiger partial charge in [-0.15, -0.1) is 0 Å². The Balaban J connectivity index is 0.000000272. The maximum atomic E-state index is 10.1. The molecule has 2 heterocycles. The molecule has 20 heavy (non-hydrogen) atoms. The van der Waals surface area contributed by atoms with Crippen LogP contribution in [0.4, 0.5) is 0 Å². The lowest BCUT2D eigenvalue weighted by atomic mass is 10.2. The maximum absolute atomic E-state index is 10.1. The number of imide groups is 2. The molecule has 0 aromatic heterocycles. The predicted octanol–water partition coefficient (Wildman–Crippen LogP) is 1.43. The Kier molecular flexibility index (Phi) is 10.2. The van der Waals surface area contributed by atoms with Crippen LogP contribution in [0.25, 0.3) is 0 Å². The molecule has 0 radical (unpaired) electrons. The third-order valence-corrected chi connectivity index (χ3v) is 2.67. The Hall–Kier alpha value is -1.72. The number of hydrogen-bond acceptors (Lipinski definition) is 4. The van der Waals surface area contributed by atoms with E-state index in [4.69, 9.17) is 0 Å². The van der Waals surface area contributed by atoms with E-state index in [1.54, 1.807) is 0 Å². The second-order valence-electron chi connectivity index (χ2n) is 4.65. The maximum Gasteiger partial charge on any atom is 0.227 e. The quantitative estimate of drug-likeness (QED) is 0.605. The van der Waals surface area contributed by atoms with Crippen molar-refractivity contribution in [2.75, 3.05) is 0 Å². The van der Waals surface area contributed by atoms with Gasteiger partial charge in [0.2, 0.25) is 23.6 Å². The number of amides is 4. The standard InChI is InChI=1S/C6H14.2C4H5NO2/c1-3-5-6-4-2;2*6-3-1-2-4(7)5-3/h3-6H2,1-2H3;2*1-2H2,(H,5,6,7). The largest absolute Gasteiger partial charge is 0.296 e. The first-order valence-electron chi connectivity index (χ1n) is 7.14. The molecule has 114 valence electrons. The van der Waals surface area contributed by atoms with Crippen LogP contribution < -0.4 is 10.6 Å². The summed E-state index contributed by atoms with van der Waals surface area (Å²) in [7, 11) is 0. The van der Waals surface area contributed by atoms with Crippen LogP contribution in [0.5, 0.6) is 0 Å². The molecular weight excluding hydrogens is 260 g/mol. The average Bonchev–Trinajstić information content (AvgIpc) is 2.96. The summed E-state index contributed by atoms with van der Waals surface area (Å²) in [5, 5.41) is 4.28. The van der Waals surface area contributed by atoms with E-state index in [-0.39, 0.29) is 23.6 Å². The summed E-state index contributed by atoms with van der Waals surface area (Å²) in [6.07, 6.45) is 7.03. The van der Waals surface area contributed by atoms with Crippen molar-refractivity contribution >= 4 is 23.6 Å². The molecule has 0 saturated carbocycles. The van der Waals surface area contributed by atoms with Crippen molar-refractivity contribution in [2.24, 2.45) is 0 Å². The van der Waals surface area contributed by atoms with E-state index in [2.05, 4.69) is 24.5 Å². The summed E-state index contributed by atoms with van der Waals surface area (Å²) in [5.74, 6) is -0.593. The second kappa shape index (κ2) is 11.1. The van der Waals surface area contributed by atoms with Gasteiger partial charge < -0.3 is 0 Å². The van der Waals surface area contributed by atoms with Crippen molar-refractivity contribution in [3.63, 3.8) is 0 Å². The molecule has 0 aromatic rings. The van der Waals surface area contributed by atoms with Crippen molar-refractivity contribution in [2.45, 2.75) is 65.2 Å². The van der Waals surface area contributed by atoms with Crippen LogP contribution in [0, 0.1) is 0 Å². The molecule has 6 heteroatoms. The minimum absolute atomic E-state index is 0.148. The highest BCUT2D eigenvalue weighted by Crippen LogP contribution is 1.96. The Morgan fingerprint density at radius 2 is 0.900 bits per heavy atom. The van der Waals surface area contributed by atoms with Gasteiger partial charge in [0.05, 0.1) is 0 Å². The number of hydrogen-bond donors (Lipinski definition) is 2. The number of nitrogens with one attached hydrogen (secondary N) is 2. The third kappa shape index (κ3) is 10.2. The minimum Gasteiger partial charge on any atom is -0.296 e. The summed E-state index contributed by atoms with van der Waals surface area (Å²) in [5.41, 5.74) is 0. The van der Waals surface area contributed by atoms with Gasteiger partial charge in [0, 0.05) is 25.7 Å². The van der Waals surface area contributed by atoms with Crippen LogP contribution in [0.1, 0.15) is 65.2 Å². The van der Waals surface area contributed by atoms with Crippen LogP contribution in [0.15, 0.2) is 0 Å². The van der Waals surface area contributed by atoms with E-state index in [1.165, 1.54) is 25.7 Å². The van der Waals surface area contributed by atoms with E-state index in [9.17, 15) is 19.2 Å². The zero-order valence-corrected chi connectivity index (χ0v) is 12.3. The van der Waals surface area contributed by atoms with Gasteiger partial charge in [-0.1, -0.05) is 39.5 Å². The van der Waals surface area contributed by atoms with E-state index in [0.29, 0.717) is 25.7 Å². The first-order chi connectivity index (χ1) is 9.49. The van der Waals surface area contributed by atoms with Crippen molar-refractivity contribution in [1.29, 1.82) is 0 Å². The van der Waals surface area contributed by atoms with Crippen LogP contribution in [0.2, 0.25) is 0 Å². The van der Waals surface area contributed by atoms with Gasteiger partial charge in [-0.2, -0.15) is 0 Å². The number of carbonyl (C=O) groups excluding carboxylic acids is 4. The van der Waals surface area contributed by atoms with Gasteiger partial charge in [0.1, 0.15) is 0 Å². The Labute approximate surface area is 119 Å². The van der Waals surface area contributed by atoms with Gasteiger partial charge in [0.15, 0.2) is 0 Å². The van der Waals surface area contributed by atoms with Crippen LogP contribution in [-0.4, -0.2) is 23.6 Å². The smallest absolute Gasteiger partial charge is 0.227 e. The van der Waals surface area contributed by atoms with Gasteiger partial charge in [-0.3, -0.25) is 29.8 Å². The lowest BCUT2D eigenvalue weighted by Gasteiger charge is -1.86. The molecule has 2 fully saturated rings. The topological polar surface area (TPSA) is 92.3 Å². The van der Waals surface area contributed by atoms with Gasteiger partial charge >= 0.3 is 0 Å². The van der Waals surface area contributed by atoms with Crippen molar-refractivity contribution in [3.8, 4) is 0 Å². The highest BCUT2D eigenvalue weighted by atomic mass is 16.2. The molecule has 0 aliphatic carbocycles. The Bertz CT molecular complexity index is 291. The Morgan fingerprint density at radius 1 is 0.650 bits per heavy atom. The number of carbonyl (C=O) groups is 4. The molecule has 6 nitrogen and oxygen atoms in total. The lowest BCUT2D eigenvalue weighted by Crippen LogP contribution is -2.18. The van der Waals surface area contributed by atoms with Crippen LogP contribution in [-0.2, 0) is 19.2 Å². The van der Waals surface area contributed by atoms with Crippen molar-refractivity contribution in [3.05, 3.63) is 0 Å². The fourth-order valence-corrected chi connectivity index (χ4v) is 1.52. The van der Waals surface area contributed by atoms with Gasteiger partial charge in [-0.05, 0) is 0 Å². The summed E-state index contributed by atoms with van der Waals surface area (Å²) in [4.78, 5) is 40.5. The molecule has 4 amide bonds. The van der Waals surface area contributed by atoms with Crippen LogP contribution >= 0.6 is 0 Å². The normalized spacial score (nSPS) is 16.7. The highest BCUT2D eigenvalue weighted by Gasteiger charge is 2.16. The molecule has 0 atom stereocenters. The van der Waals surface area contributed by atoms with E-state index >= 15 is 0 Å². The monoisotopic (exact) mass is 284 g/mol. The molecule has 2 aliphatic heterocycles. The molecule has 2 rings (SSSR count). The van der Waals surface area contributed by atoms with Crippen molar-refractivity contribution in [1.82, 2.24) is 10.6 Å². The summed E-state index contributed by atoms with van der Waals surface area (Å²) in [6.45, 7) is 4.46. The van der Waals surface area contributed by atoms with E-state index in [0.717, 1.165) is 0 Å². The second-order valence-corrected chi connectivity index (χ2v) is 4.65. The minimum atomic E-state index is -0.148. The summed E-state index contributed by atoms with van der Waals surface area (Å²) >= 11 is 0. The van der Waals surface area contributed by atoms with Gasteiger partial charge in [-0.25, -0.2) is 0 Å². The average molecular weight is 284 g/mol. The number of rotatable bonds is 3. The summed E-state index contributed by atoms with van der Waals surface area (Å²) < 4.78 is 0. The zero-order chi connectivity index (χ0) is 15.4. The fourth-order valence-electron chi connectivity index (χ4n) is 1.52. The number of unbranched alkanes of at least 4 members (excludes halogenated alkanes) is 3. The zero-order valence-electron chi connectivity index (χ0n) is 12.3. The van der Waals surface area contributed by atoms with E-state index < -0.39 is 0 Å². The fraction of sp³-hybridized carbons (Fsp3) is 0.714. The Morgan fingerprint density at radius 3 is 1.00 bits per heavy atom. The first kappa shape index (κ1) is 18.3. The molecule has 0 unspecified atom stereocenters. The molecular formula is C14H24N2O4. The third-order valence-electron chi connectivity index (χ3n) is 2.67. The first-order valence-corrected chi connectivity index (χ1v) is 7.14. The molecule has 0 spiro atoms. The van der Waals surface area contributed by atoms with Crippen molar-refractivity contribution < 1.29 is 19.2 Å². The molecule has 0 bridgehead atoms. The highest BCUT2D eigenvalue weighted by molar-refractivity contribution is 6.02. The molecule has 0 aromatic carbocycles. The SMILES string of the molecule is CCCCCC.O=C1CCC(=O)N1.O=C1CCC(=O)N1. The molecule has 2 N–H and O–H groups in total. The molecule has 2 aliphatic rings. The van der Waals surface area contributed by atoms with Gasteiger partial charge in [0.25, 0.3) is 0 Å². The van der Waals surface area contributed by atoms with Crippen LogP contribution in [0.3, 0.4) is 0 Å². The summed E-state index contributed by atoms with van der Waals surface area (Å²) in [6, 6.07) is 0.